The van der Waals surface area contributed by atoms with Crippen molar-refractivity contribution < 1.29 is 19.5 Å². The van der Waals surface area contributed by atoms with Crippen molar-refractivity contribution in [3.05, 3.63) is 34.9 Å². The SMILES string of the molecule is CCC(CC(=O)O)C(=O)NC(CSCC=C(C)CCC=C(C)CCC=C(C)C)C(=O)NN. The Morgan fingerprint density at radius 1 is 0.969 bits per heavy atom. The largest absolute Gasteiger partial charge is 0.481 e. The van der Waals surface area contributed by atoms with Crippen molar-refractivity contribution >= 4 is 29.5 Å². The van der Waals surface area contributed by atoms with Gasteiger partial charge in [-0.05, 0) is 59.8 Å². The van der Waals surface area contributed by atoms with Gasteiger partial charge in [-0.25, -0.2) is 5.84 Å². The highest BCUT2D eigenvalue weighted by atomic mass is 32.2. The van der Waals surface area contributed by atoms with Gasteiger partial charge in [0, 0.05) is 17.4 Å². The Morgan fingerprint density at radius 2 is 1.56 bits per heavy atom. The van der Waals surface area contributed by atoms with Gasteiger partial charge in [0.15, 0.2) is 0 Å². The van der Waals surface area contributed by atoms with Gasteiger partial charge in [0.2, 0.25) is 5.91 Å². The van der Waals surface area contributed by atoms with Crippen LogP contribution in [0.15, 0.2) is 34.9 Å². The summed E-state index contributed by atoms with van der Waals surface area (Å²) in [6.07, 6.45) is 11.0. The minimum Gasteiger partial charge on any atom is -0.481 e. The summed E-state index contributed by atoms with van der Waals surface area (Å²) in [6, 6.07) is -0.805. The highest BCUT2D eigenvalue weighted by Crippen LogP contribution is 2.14. The number of hydrogen-bond acceptors (Lipinski definition) is 5. The normalized spacial score (nSPS) is 13.8. The summed E-state index contributed by atoms with van der Waals surface area (Å²) >= 11 is 1.52. The lowest BCUT2D eigenvalue weighted by Crippen LogP contribution is -2.51. The van der Waals surface area contributed by atoms with Crippen molar-refractivity contribution in [1.29, 1.82) is 0 Å². The highest BCUT2D eigenvalue weighted by molar-refractivity contribution is 7.99. The molecule has 2 atom stereocenters. The van der Waals surface area contributed by atoms with Crippen LogP contribution in [0.25, 0.3) is 0 Å². The first-order valence-corrected chi connectivity index (χ1v) is 12.3. The predicted octanol–water partition coefficient (Wildman–Crippen LogP) is 4.11. The first kappa shape index (κ1) is 29.9. The van der Waals surface area contributed by atoms with E-state index in [1.165, 1.54) is 28.5 Å². The van der Waals surface area contributed by atoms with Crippen LogP contribution in [-0.4, -0.2) is 40.4 Å². The van der Waals surface area contributed by atoms with E-state index in [9.17, 15) is 14.4 Å². The van der Waals surface area contributed by atoms with E-state index < -0.39 is 29.7 Å². The fourth-order valence-corrected chi connectivity index (χ4v) is 3.94. The molecule has 0 saturated heterocycles. The monoisotopic (exact) mass is 467 g/mol. The summed E-state index contributed by atoms with van der Waals surface area (Å²) < 4.78 is 0. The van der Waals surface area contributed by atoms with E-state index in [4.69, 9.17) is 10.9 Å². The Balaban J connectivity index is 4.53. The molecule has 0 aliphatic rings. The van der Waals surface area contributed by atoms with Crippen molar-refractivity contribution in [3.63, 3.8) is 0 Å². The second-order valence-corrected chi connectivity index (χ2v) is 9.34. The summed E-state index contributed by atoms with van der Waals surface area (Å²) in [5.74, 6) is 3.65. The van der Waals surface area contributed by atoms with Gasteiger partial charge >= 0.3 is 5.97 Å². The molecule has 7 nitrogen and oxygen atoms in total. The number of aliphatic carboxylic acids is 1. The lowest BCUT2D eigenvalue weighted by Gasteiger charge is -2.20. The van der Waals surface area contributed by atoms with Crippen LogP contribution in [-0.2, 0) is 14.4 Å². The smallest absolute Gasteiger partial charge is 0.304 e. The Hall–Kier alpha value is -2.06. The number of hydrogen-bond donors (Lipinski definition) is 4. The molecule has 0 radical (unpaired) electrons. The van der Waals surface area contributed by atoms with Crippen LogP contribution in [0.4, 0.5) is 0 Å². The van der Waals surface area contributed by atoms with Crippen molar-refractivity contribution in [2.45, 2.75) is 79.2 Å². The van der Waals surface area contributed by atoms with Gasteiger partial charge in [-0.1, -0.05) is 41.9 Å². The quantitative estimate of drug-likeness (QED) is 0.0891. The average Bonchev–Trinajstić information content (AvgIpc) is 2.72. The molecule has 0 aromatic heterocycles. The third kappa shape index (κ3) is 14.9. The van der Waals surface area contributed by atoms with Crippen LogP contribution in [0.3, 0.4) is 0 Å². The Labute approximate surface area is 197 Å². The summed E-state index contributed by atoms with van der Waals surface area (Å²) in [4.78, 5) is 35.3. The minimum absolute atomic E-state index is 0.267. The Bertz CT molecular complexity index is 697. The van der Waals surface area contributed by atoms with Gasteiger partial charge in [0.25, 0.3) is 5.91 Å². The molecular weight excluding hydrogens is 426 g/mol. The second kappa shape index (κ2) is 17.5. The fourth-order valence-electron chi connectivity index (χ4n) is 2.93. The maximum absolute atomic E-state index is 12.3. The molecule has 0 aliphatic heterocycles. The number of nitrogens with one attached hydrogen (secondary N) is 2. The second-order valence-electron chi connectivity index (χ2n) is 8.27. The molecule has 0 spiro atoms. The average molecular weight is 468 g/mol. The van der Waals surface area contributed by atoms with Gasteiger partial charge in [-0.3, -0.25) is 19.8 Å². The number of amides is 2. The lowest BCUT2D eigenvalue weighted by molar-refractivity contribution is -0.141. The molecule has 182 valence electrons. The third-order valence-electron chi connectivity index (χ3n) is 5.02. The summed E-state index contributed by atoms with van der Waals surface area (Å²) in [6.45, 7) is 10.2. The van der Waals surface area contributed by atoms with Crippen LogP contribution < -0.4 is 16.6 Å². The van der Waals surface area contributed by atoms with E-state index in [0.717, 1.165) is 25.7 Å². The van der Waals surface area contributed by atoms with Crippen molar-refractivity contribution in [2.24, 2.45) is 11.8 Å². The van der Waals surface area contributed by atoms with E-state index in [0.29, 0.717) is 17.9 Å². The summed E-state index contributed by atoms with van der Waals surface area (Å²) in [5.41, 5.74) is 6.11. The number of carboxylic acid groups (broad SMARTS) is 1. The number of thioether (sulfide) groups is 1. The van der Waals surface area contributed by atoms with Gasteiger partial charge < -0.3 is 10.4 Å². The molecule has 0 fully saturated rings. The first-order chi connectivity index (χ1) is 15.1. The lowest BCUT2D eigenvalue weighted by atomic mass is 10.0. The van der Waals surface area contributed by atoms with Crippen LogP contribution in [0, 0.1) is 5.92 Å². The molecule has 0 rings (SSSR count). The zero-order chi connectivity index (χ0) is 24.5. The molecule has 0 heterocycles. The zero-order valence-corrected chi connectivity index (χ0v) is 21.0. The number of carboxylic acids is 1. The molecule has 0 bridgehead atoms. The molecule has 2 amide bonds. The number of carbonyl (C=O) groups excluding carboxylic acids is 2. The van der Waals surface area contributed by atoms with Gasteiger partial charge in [-0.2, -0.15) is 11.8 Å². The molecule has 0 saturated carbocycles. The molecule has 32 heavy (non-hydrogen) atoms. The summed E-state index contributed by atoms with van der Waals surface area (Å²) in [5, 5.41) is 11.6. The number of rotatable bonds is 16. The highest BCUT2D eigenvalue weighted by Gasteiger charge is 2.25. The molecule has 0 aromatic rings. The van der Waals surface area contributed by atoms with Crippen LogP contribution in [0.5, 0.6) is 0 Å². The predicted molar refractivity (Wildman–Crippen MR) is 133 cm³/mol. The van der Waals surface area contributed by atoms with Gasteiger partial charge in [0.1, 0.15) is 6.04 Å². The minimum atomic E-state index is -1.04. The number of carbonyl (C=O) groups is 3. The number of nitrogens with two attached hydrogens (primary N) is 1. The molecule has 0 aromatic carbocycles. The van der Waals surface area contributed by atoms with E-state index in [-0.39, 0.29) is 6.42 Å². The van der Waals surface area contributed by atoms with Crippen LogP contribution in [0.1, 0.15) is 73.1 Å². The molecule has 5 N–H and O–H groups in total. The van der Waals surface area contributed by atoms with Crippen LogP contribution >= 0.6 is 11.8 Å². The molecule has 8 heteroatoms. The Kier molecular flexibility index (Phi) is 16.4. The number of allylic oxidation sites excluding steroid dienone is 5. The van der Waals surface area contributed by atoms with Crippen molar-refractivity contribution in [2.75, 3.05) is 11.5 Å². The standard InChI is InChI=1S/C24H41N3O4S/c1-6-20(15-22(28)29)23(30)26-21(24(31)27-25)16-32-14-13-19(5)12-8-11-18(4)10-7-9-17(2)3/h9,11,13,20-21H,6-8,10,12,14-16,25H2,1-5H3,(H,26,30)(H,27,31)(H,28,29). The van der Waals surface area contributed by atoms with Gasteiger partial charge in [-0.15, -0.1) is 0 Å². The van der Waals surface area contributed by atoms with Crippen molar-refractivity contribution in [1.82, 2.24) is 10.7 Å². The molecule has 0 aliphatic carbocycles. The van der Waals surface area contributed by atoms with E-state index in [1.54, 1.807) is 6.92 Å². The zero-order valence-electron chi connectivity index (χ0n) is 20.2. The number of hydrazine groups is 1. The topological polar surface area (TPSA) is 122 Å². The molecule has 2 unspecified atom stereocenters. The third-order valence-corrected chi connectivity index (χ3v) is 5.99. The first-order valence-electron chi connectivity index (χ1n) is 11.2. The van der Waals surface area contributed by atoms with E-state index in [1.807, 2.05) is 0 Å². The molecular formula is C24H41N3O4S. The fraction of sp³-hybridized carbons (Fsp3) is 0.625. The van der Waals surface area contributed by atoms with Gasteiger partial charge in [0.05, 0.1) is 6.42 Å². The van der Waals surface area contributed by atoms with Crippen LogP contribution in [0.2, 0.25) is 0 Å². The van der Waals surface area contributed by atoms with E-state index in [2.05, 4.69) is 56.7 Å². The maximum Gasteiger partial charge on any atom is 0.304 e. The summed E-state index contributed by atoms with van der Waals surface area (Å²) in [7, 11) is 0. The Morgan fingerprint density at radius 3 is 2.09 bits per heavy atom. The van der Waals surface area contributed by atoms with Crippen molar-refractivity contribution in [3.8, 4) is 0 Å². The van der Waals surface area contributed by atoms with E-state index >= 15 is 0 Å². The maximum atomic E-state index is 12.3.